The first-order valence-corrected chi connectivity index (χ1v) is 44.5. The summed E-state index contributed by atoms with van der Waals surface area (Å²) >= 11 is 0. The third-order valence-corrected chi connectivity index (χ3v) is 20.6. The summed E-state index contributed by atoms with van der Waals surface area (Å²) in [6, 6.07) is 0. The van der Waals surface area contributed by atoms with Gasteiger partial charge in [0.15, 0.2) is 12.2 Å². The van der Waals surface area contributed by atoms with Gasteiger partial charge in [0.1, 0.15) is 19.3 Å². The molecule has 0 heterocycles. The predicted molar refractivity (Wildman–Crippen MR) is 405 cm³/mol. The van der Waals surface area contributed by atoms with E-state index in [-0.39, 0.29) is 25.7 Å². The van der Waals surface area contributed by atoms with E-state index in [4.69, 9.17) is 37.0 Å². The highest BCUT2D eigenvalue weighted by molar-refractivity contribution is 7.47. The van der Waals surface area contributed by atoms with E-state index in [9.17, 15) is 43.2 Å². The van der Waals surface area contributed by atoms with E-state index in [0.29, 0.717) is 31.6 Å². The Balaban J connectivity index is 5.21. The zero-order valence-electron chi connectivity index (χ0n) is 64.8. The number of aliphatic hydroxyl groups excluding tert-OH is 1. The van der Waals surface area contributed by atoms with E-state index in [1.807, 2.05) is 0 Å². The molecule has 5 atom stereocenters. The van der Waals surface area contributed by atoms with Gasteiger partial charge in [-0.15, -0.1) is 0 Å². The Labute approximate surface area is 607 Å². The van der Waals surface area contributed by atoms with Crippen molar-refractivity contribution in [2.24, 2.45) is 11.8 Å². The lowest BCUT2D eigenvalue weighted by molar-refractivity contribution is -0.161. The predicted octanol–water partition coefficient (Wildman–Crippen LogP) is 23.9. The van der Waals surface area contributed by atoms with Crippen LogP contribution in [0.2, 0.25) is 0 Å². The highest BCUT2D eigenvalue weighted by atomic mass is 31.2. The second-order valence-electron chi connectivity index (χ2n) is 29.8. The van der Waals surface area contributed by atoms with E-state index >= 15 is 0 Å². The molecule has 0 saturated heterocycles. The van der Waals surface area contributed by atoms with E-state index in [1.54, 1.807) is 0 Å². The summed E-state index contributed by atoms with van der Waals surface area (Å²) in [6.45, 7) is 9.59. The molecule has 0 aliphatic rings. The molecule has 99 heavy (non-hydrogen) atoms. The lowest BCUT2D eigenvalue weighted by atomic mass is 10.0. The molecule has 0 aliphatic heterocycles. The van der Waals surface area contributed by atoms with Crippen molar-refractivity contribution >= 4 is 39.5 Å². The Hall–Kier alpha value is -1.94. The SMILES string of the molecule is CCCCCCCCCCCCCCCCCCCCCC(=O)OC[C@H](COP(=O)(O)OC[C@@H](O)COP(=O)(O)OC[C@@H](COC(=O)CCCCCCCCCC(C)C)OC(=O)CCCCCCCCCCCCC)OC(=O)CCCCCCCCCCCCCCCCCCC(C)C. The van der Waals surface area contributed by atoms with Crippen LogP contribution in [0.1, 0.15) is 420 Å². The number of hydrogen-bond acceptors (Lipinski definition) is 15. The second kappa shape index (κ2) is 71.7. The average molecular weight is 1450 g/mol. The van der Waals surface area contributed by atoms with Crippen molar-refractivity contribution in [2.75, 3.05) is 39.6 Å². The number of carbonyl (C=O) groups is 4. The fourth-order valence-electron chi connectivity index (χ4n) is 12.4. The van der Waals surface area contributed by atoms with Crippen molar-refractivity contribution in [3.8, 4) is 0 Å². The molecule has 0 aromatic heterocycles. The van der Waals surface area contributed by atoms with Crippen molar-refractivity contribution in [1.82, 2.24) is 0 Å². The molecular weight excluding hydrogens is 1290 g/mol. The van der Waals surface area contributed by atoms with Gasteiger partial charge in [-0.2, -0.15) is 0 Å². The Kier molecular flexibility index (Phi) is 70.3. The van der Waals surface area contributed by atoms with Crippen LogP contribution in [0, 0.1) is 11.8 Å². The van der Waals surface area contributed by atoms with E-state index in [0.717, 1.165) is 102 Å². The van der Waals surface area contributed by atoms with Gasteiger partial charge >= 0.3 is 39.5 Å². The number of phosphoric ester groups is 2. The van der Waals surface area contributed by atoms with Gasteiger partial charge in [-0.05, 0) is 37.5 Å². The Bertz CT molecular complexity index is 1910. The van der Waals surface area contributed by atoms with Crippen LogP contribution in [0.5, 0.6) is 0 Å². The Morgan fingerprint density at radius 3 is 0.687 bits per heavy atom. The number of esters is 4. The lowest BCUT2D eigenvalue weighted by Crippen LogP contribution is -2.30. The summed E-state index contributed by atoms with van der Waals surface area (Å²) in [7, 11) is -9.91. The number of rotatable bonds is 79. The zero-order chi connectivity index (χ0) is 72.8. The van der Waals surface area contributed by atoms with Crippen LogP contribution >= 0.6 is 15.6 Å². The molecule has 0 fully saturated rings. The van der Waals surface area contributed by atoms with Crippen molar-refractivity contribution in [3.63, 3.8) is 0 Å². The van der Waals surface area contributed by atoms with Gasteiger partial charge in [0.25, 0.3) is 0 Å². The number of carbonyl (C=O) groups excluding carboxylic acids is 4. The largest absolute Gasteiger partial charge is 0.472 e. The van der Waals surface area contributed by atoms with E-state index in [2.05, 4.69) is 41.5 Å². The van der Waals surface area contributed by atoms with Gasteiger partial charge in [0, 0.05) is 25.7 Å². The summed E-state index contributed by atoms with van der Waals surface area (Å²) in [6.07, 6.45) is 61.2. The van der Waals surface area contributed by atoms with Gasteiger partial charge in [-0.3, -0.25) is 37.3 Å². The van der Waals surface area contributed by atoms with Crippen LogP contribution in [-0.4, -0.2) is 96.7 Å². The highest BCUT2D eigenvalue weighted by Crippen LogP contribution is 2.45. The monoisotopic (exact) mass is 1450 g/mol. The molecule has 0 aliphatic carbocycles. The average Bonchev–Trinajstić information content (AvgIpc) is 0.970. The lowest BCUT2D eigenvalue weighted by Gasteiger charge is -2.21. The fraction of sp³-hybridized carbons (Fsp3) is 0.950. The first kappa shape index (κ1) is 97.1. The molecule has 0 aromatic rings. The maximum absolute atomic E-state index is 13.1. The Morgan fingerprint density at radius 1 is 0.273 bits per heavy atom. The van der Waals surface area contributed by atoms with Crippen LogP contribution < -0.4 is 0 Å². The molecule has 19 heteroatoms. The summed E-state index contributed by atoms with van der Waals surface area (Å²) in [5.41, 5.74) is 0. The summed E-state index contributed by atoms with van der Waals surface area (Å²) < 4.78 is 68.6. The van der Waals surface area contributed by atoms with Gasteiger partial charge in [0.05, 0.1) is 26.4 Å². The number of unbranched alkanes of at least 4 members (excludes halogenated alkanes) is 49. The molecule has 3 N–H and O–H groups in total. The maximum atomic E-state index is 13.1. The minimum absolute atomic E-state index is 0.106. The molecule has 0 spiro atoms. The third kappa shape index (κ3) is 74.1. The maximum Gasteiger partial charge on any atom is 0.472 e. The number of aliphatic hydroxyl groups is 1. The summed E-state index contributed by atoms with van der Waals surface area (Å²) in [5.74, 6) is -0.597. The zero-order valence-corrected chi connectivity index (χ0v) is 66.6. The molecule has 2 unspecified atom stereocenters. The quantitative estimate of drug-likeness (QED) is 0.0222. The Morgan fingerprint density at radius 2 is 0.465 bits per heavy atom. The van der Waals surface area contributed by atoms with Gasteiger partial charge in [-0.25, -0.2) is 9.13 Å². The molecule has 588 valence electrons. The molecular formula is C80H156O17P2. The van der Waals surface area contributed by atoms with E-state index in [1.165, 1.54) is 231 Å². The van der Waals surface area contributed by atoms with Crippen molar-refractivity contribution in [2.45, 2.75) is 439 Å². The topological polar surface area (TPSA) is 237 Å². The molecule has 17 nitrogen and oxygen atoms in total. The number of ether oxygens (including phenoxy) is 4. The van der Waals surface area contributed by atoms with Crippen LogP contribution in [0.25, 0.3) is 0 Å². The summed E-state index contributed by atoms with van der Waals surface area (Å²) in [4.78, 5) is 72.9. The summed E-state index contributed by atoms with van der Waals surface area (Å²) in [5, 5.41) is 10.6. The molecule has 0 rings (SSSR count). The minimum atomic E-state index is -4.96. The minimum Gasteiger partial charge on any atom is -0.462 e. The van der Waals surface area contributed by atoms with Crippen LogP contribution in [0.15, 0.2) is 0 Å². The standard InChI is InChI=1S/C80H156O17P2/c1-7-9-11-13-15-17-19-20-21-22-23-24-28-31-35-38-44-50-56-62-77(82)90-68-75(96-80(85)65-59-53-46-40-36-32-29-26-25-27-30-34-37-42-48-54-60-72(3)4)70-94-98(86,87)92-66-74(81)67-93-99(88,89)95-71-76(69-91-78(83)63-57-51-47-41-43-49-55-61-73(5)6)97-79(84)64-58-52-45-39-33-18-16-14-12-10-8-2/h72-76,81H,7-71H2,1-6H3,(H,86,87)(H,88,89)/t74-,75-,76-/m1/s1. The highest BCUT2D eigenvalue weighted by Gasteiger charge is 2.30. The molecule has 0 radical (unpaired) electrons. The van der Waals surface area contributed by atoms with Gasteiger partial charge in [-0.1, -0.05) is 369 Å². The second-order valence-corrected chi connectivity index (χ2v) is 32.7. The normalized spacial score (nSPS) is 13.9. The van der Waals surface area contributed by atoms with Crippen molar-refractivity contribution < 1.29 is 80.2 Å². The van der Waals surface area contributed by atoms with Gasteiger partial charge < -0.3 is 33.8 Å². The van der Waals surface area contributed by atoms with Crippen molar-refractivity contribution in [1.29, 1.82) is 0 Å². The van der Waals surface area contributed by atoms with Gasteiger partial charge in [0.2, 0.25) is 0 Å². The van der Waals surface area contributed by atoms with Crippen LogP contribution in [0.3, 0.4) is 0 Å². The van der Waals surface area contributed by atoms with Crippen LogP contribution in [0.4, 0.5) is 0 Å². The molecule has 0 amide bonds. The molecule has 0 aromatic carbocycles. The van der Waals surface area contributed by atoms with Crippen molar-refractivity contribution in [3.05, 3.63) is 0 Å². The molecule has 0 saturated carbocycles. The van der Waals surface area contributed by atoms with E-state index < -0.39 is 97.5 Å². The smallest absolute Gasteiger partial charge is 0.462 e. The molecule has 0 bridgehead atoms. The fourth-order valence-corrected chi connectivity index (χ4v) is 13.9. The third-order valence-electron chi connectivity index (χ3n) is 18.7. The number of phosphoric acid groups is 2. The number of hydrogen-bond donors (Lipinski definition) is 3. The first-order valence-electron chi connectivity index (χ1n) is 41.5. The first-order chi connectivity index (χ1) is 47.9. The van der Waals surface area contributed by atoms with Crippen LogP contribution in [-0.2, 0) is 65.4 Å².